The van der Waals surface area contributed by atoms with Crippen molar-refractivity contribution in [3.63, 3.8) is 0 Å². The third-order valence-corrected chi connectivity index (χ3v) is 9.30. The lowest BCUT2D eigenvalue weighted by atomic mass is 9.58. The molecule has 252 valence electrons. The van der Waals surface area contributed by atoms with Crippen LogP contribution in [0.4, 0.5) is 13.2 Å². The normalized spacial score (nSPS) is 26.1. The predicted octanol–water partition coefficient (Wildman–Crippen LogP) is 2.27. The molecule has 5 rings (SSSR count). The van der Waals surface area contributed by atoms with Gasteiger partial charge in [0, 0.05) is 30.0 Å². The van der Waals surface area contributed by atoms with Gasteiger partial charge in [-0.3, -0.25) is 24.1 Å². The van der Waals surface area contributed by atoms with Gasteiger partial charge in [0.15, 0.2) is 11.4 Å². The lowest BCUT2D eigenvalue weighted by molar-refractivity contribution is -0.173. The summed E-state index contributed by atoms with van der Waals surface area (Å²) in [5, 5.41) is 46.9. The summed E-state index contributed by atoms with van der Waals surface area (Å²) in [6, 6.07) is 1.65. The molecular formula is C32H34F3N3O9. The molecule has 1 aromatic rings. The van der Waals surface area contributed by atoms with E-state index in [0.717, 1.165) is 0 Å². The minimum atomic E-state index is -5.09. The number of primary amides is 1. The number of aromatic hydroxyl groups is 1. The SMILES string of the molecule is CCOC1=C(CNC(=O)C(F)(F)F)C=C(c2ccc(O)c3c2C[C@H]2C[C@H]4C(N(C)C)C(O)=C(C(N)=O)C(=O)[C@@]4(O)C(O)=C2C3=O)CC1. The first-order chi connectivity index (χ1) is 21.9. The van der Waals surface area contributed by atoms with Gasteiger partial charge < -0.3 is 36.2 Å². The molecule has 0 spiro atoms. The number of carbonyl (C=O) groups excluding carboxylic acids is 4. The number of nitrogens with zero attached hydrogens (tertiary/aromatic N) is 1. The Kier molecular flexibility index (Phi) is 8.52. The van der Waals surface area contributed by atoms with Crippen LogP contribution in [-0.2, 0) is 25.5 Å². The highest BCUT2D eigenvalue weighted by molar-refractivity contribution is 6.24. The second-order valence-corrected chi connectivity index (χ2v) is 12.2. The molecule has 0 aliphatic heterocycles. The van der Waals surface area contributed by atoms with Gasteiger partial charge in [0.2, 0.25) is 5.78 Å². The fraction of sp³-hybridized carbons (Fsp3) is 0.438. The Morgan fingerprint density at radius 1 is 1.15 bits per heavy atom. The van der Waals surface area contributed by atoms with Gasteiger partial charge >= 0.3 is 12.1 Å². The number of likely N-dealkylation sites (N-methyl/N-ethyl adjacent to an activating group) is 1. The third-order valence-electron chi connectivity index (χ3n) is 9.30. The van der Waals surface area contributed by atoms with Crippen LogP contribution in [0.1, 0.15) is 47.7 Å². The number of nitrogens with one attached hydrogen (secondary N) is 1. The van der Waals surface area contributed by atoms with Gasteiger partial charge in [0.05, 0.1) is 18.2 Å². The van der Waals surface area contributed by atoms with Crippen LogP contribution in [0.15, 0.2) is 52.2 Å². The van der Waals surface area contributed by atoms with Crippen LogP contribution in [0.3, 0.4) is 0 Å². The van der Waals surface area contributed by atoms with Crippen LogP contribution in [0.25, 0.3) is 5.57 Å². The summed E-state index contributed by atoms with van der Waals surface area (Å²) in [5.74, 6) is -9.41. The number of benzene rings is 1. The van der Waals surface area contributed by atoms with E-state index in [1.807, 2.05) is 5.32 Å². The number of ether oxygens (including phenoxy) is 1. The first kappa shape index (κ1) is 33.7. The van der Waals surface area contributed by atoms with Crippen LogP contribution in [0.2, 0.25) is 0 Å². The lowest BCUT2D eigenvalue weighted by Crippen LogP contribution is -2.63. The lowest BCUT2D eigenvalue weighted by Gasteiger charge is -2.50. The number of amides is 2. The Balaban J connectivity index is 1.61. The zero-order valence-corrected chi connectivity index (χ0v) is 25.7. The van der Waals surface area contributed by atoms with Crippen molar-refractivity contribution in [2.45, 2.75) is 50.4 Å². The van der Waals surface area contributed by atoms with E-state index >= 15 is 0 Å². The van der Waals surface area contributed by atoms with Crippen molar-refractivity contribution in [3.05, 3.63) is 68.9 Å². The van der Waals surface area contributed by atoms with Crippen LogP contribution in [0.5, 0.6) is 5.75 Å². The topological polar surface area (TPSA) is 200 Å². The number of aliphatic hydroxyl groups is 3. The Hall–Kier alpha value is -4.63. The molecule has 4 aliphatic carbocycles. The predicted molar refractivity (Wildman–Crippen MR) is 159 cm³/mol. The monoisotopic (exact) mass is 661 g/mol. The molecule has 7 N–H and O–H groups in total. The van der Waals surface area contributed by atoms with E-state index < -0.39 is 82.4 Å². The van der Waals surface area contributed by atoms with Gasteiger partial charge in [-0.1, -0.05) is 12.1 Å². The third kappa shape index (κ3) is 5.36. The maximum absolute atomic E-state index is 14.0. The molecule has 0 radical (unpaired) electrons. The summed E-state index contributed by atoms with van der Waals surface area (Å²) in [7, 11) is 3.05. The molecule has 0 saturated carbocycles. The first-order valence-electron chi connectivity index (χ1n) is 14.8. The highest BCUT2D eigenvalue weighted by Gasteiger charge is 2.63. The second kappa shape index (κ2) is 11.9. The van der Waals surface area contributed by atoms with Gasteiger partial charge in [-0.2, -0.15) is 13.2 Å². The fourth-order valence-corrected chi connectivity index (χ4v) is 7.30. The standard InChI is InChI=1S/C32H34F3N3O9/c1-4-47-20-8-5-13(9-15(20)12-37-30(45)32(33,34)35)16-6-7-19(39)22-17(16)10-14-11-18-24(38(2)3)26(41)23(29(36)44)28(43)31(18,46)27(42)21(14)25(22)40/h6-7,9,14,18,24,39,41-42,46H,4-5,8,10-12H2,1-3H3,(H2,36,44)(H,37,45)/t14-,18-,24?,31-/m0/s1. The molecule has 0 fully saturated rings. The smallest absolute Gasteiger partial charge is 0.471 e. The van der Waals surface area contributed by atoms with Crippen LogP contribution in [-0.4, -0.2) is 93.8 Å². The summed E-state index contributed by atoms with van der Waals surface area (Å²) in [5.41, 5.74) is 2.90. The molecule has 1 unspecified atom stereocenters. The summed E-state index contributed by atoms with van der Waals surface area (Å²) < 4.78 is 44.3. The van der Waals surface area contributed by atoms with E-state index in [0.29, 0.717) is 28.9 Å². The summed E-state index contributed by atoms with van der Waals surface area (Å²) >= 11 is 0. The molecule has 0 saturated heterocycles. The maximum Gasteiger partial charge on any atom is 0.471 e. The second-order valence-electron chi connectivity index (χ2n) is 12.2. The van der Waals surface area contributed by atoms with E-state index in [-0.39, 0.29) is 42.6 Å². The van der Waals surface area contributed by atoms with E-state index in [9.17, 15) is 52.8 Å². The van der Waals surface area contributed by atoms with Crippen molar-refractivity contribution in [2.24, 2.45) is 17.6 Å². The Morgan fingerprint density at radius 3 is 2.43 bits per heavy atom. The van der Waals surface area contributed by atoms with E-state index in [1.165, 1.54) is 25.1 Å². The summed E-state index contributed by atoms with van der Waals surface area (Å²) in [6.07, 6.45) is -2.99. The Morgan fingerprint density at radius 2 is 1.83 bits per heavy atom. The summed E-state index contributed by atoms with van der Waals surface area (Å²) in [6.45, 7) is 1.45. The quantitative estimate of drug-likeness (QED) is 0.236. The van der Waals surface area contributed by atoms with Gasteiger partial charge in [0.1, 0.15) is 28.6 Å². The number of ketones is 2. The van der Waals surface area contributed by atoms with Crippen LogP contribution < -0.4 is 11.1 Å². The number of carbonyl (C=O) groups is 4. The molecule has 0 aromatic heterocycles. The average Bonchev–Trinajstić information content (AvgIpc) is 2.97. The number of aliphatic hydroxyl groups excluding tert-OH is 2. The number of halogens is 3. The number of hydrogen-bond acceptors (Lipinski definition) is 10. The number of phenolic OH excluding ortho intramolecular Hbond substituents is 1. The van der Waals surface area contributed by atoms with Gasteiger partial charge in [-0.25, -0.2) is 0 Å². The number of Topliss-reactive ketones (excluding diaryl/α,β-unsaturated/α-hetero) is 2. The number of hydrogen-bond donors (Lipinski definition) is 6. The van der Waals surface area contributed by atoms with E-state index in [1.54, 1.807) is 19.1 Å². The minimum Gasteiger partial charge on any atom is -0.510 e. The van der Waals surface area contributed by atoms with Gasteiger partial charge in [0.25, 0.3) is 5.91 Å². The summed E-state index contributed by atoms with van der Waals surface area (Å²) in [4.78, 5) is 52.7. The number of allylic oxidation sites excluding steroid dienone is 3. The van der Waals surface area contributed by atoms with Crippen molar-refractivity contribution in [3.8, 4) is 5.75 Å². The average molecular weight is 662 g/mol. The van der Waals surface area contributed by atoms with Crippen molar-refractivity contribution >= 4 is 29.0 Å². The highest BCUT2D eigenvalue weighted by atomic mass is 19.4. The van der Waals surface area contributed by atoms with E-state index in [2.05, 4.69) is 0 Å². The Bertz CT molecular complexity index is 1720. The molecule has 2 amide bonds. The molecule has 0 bridgehead atoms. The maximum atomic E-state index is 14.0. The van der Waals surface area contributed by atoms with Crippen molar-refractivity contribution in [2.75, 3.05) is 27.2 Å². The van der Waals surface area contributed by atoms with Gasteiger partial charge in [-0.15, -0.1) is 0 Å². The van der Waals surface area contributed by atoms with Crippen molar-refractivity contribution in [1.29, 1.82) is 0 Å². The number of nitrogens with two attached hydrogens (primary N) is 1. The largest absolute Gasteiger partial charge is 0.510 e. The number of fused-ring (bicyclic) bond motifs is 3. The Labute approximate surface area is 266 Å². The molecular weight excluding hydrogens is 627 g/mol. The number of alkyl halides is 3. The molecule has 12 nitrogen and oxygen atoms in total. The molecule has 1 aromatic carbocycles. The number of rotatable bonds is 7. The molecule has 0 heterocycles. The molecule has 4 atom stereocenters. The fourth-order valence-electron chi connectivity index (χ4n) is 7.30. The highest BCUT2D eigenvalue weighted by Crippen LogP contribution is 2.53. The van der Waals surface area contributed by atoms with E-state index in [4.69, 9.17) is 10.5 Å². The zero-order chi connectivity index (χ0) is 34.7. The molecule has 47 heavy (non-hydrogen) atoms. The van der Waals surface area contributed by atoms with Crippen molar-refractivity contribution < 1.29 is 57.5 Å². The van der Waals surface area contributed by atoms with Crippen LogP contribution >= 0.6 is 0 Å². The van der Waals surface area contributed by atoms with Crippen LogP contribution in [0, 0.1) is 11.8 Å². The number of phenols is 1. The molecule has 4 aliphatic rings. The minimum absolute atomic E-state index is 0.0256. The van der Waals surface area contributed by atoms with Crippen molar-refractivity contribution in [1.82, 2.24) is 10.2 Å². The zero-order valence-electron chi connectivity index (χ0n) is 25.7. The molecule has 15 heteroatoms. The van der Waals surface area contributed by atoms with Gasteiger partial charge in [-0.05, 0) is 69.0 Å². The first-order valence-corrected chi connectivity index (χ1v) is 14.8.